The van der Waals surface area contributed by atoms with Gasteiger partial charge in [0, 0.05) is 6.42 Å². The quantitative estimate of drug-likeness (QED) is 0.0739. The van der Waals surface area contributed by atoms with E-state index in [0.717, 1.165) is 32.1 Å². The number of ether oxygens (including phenoxy) is 2. The van der Waals surface area contributed by atoms with E-state index in [1.807, 2.05) is 0 Å². The molecule has 0 saturated heterocycles. The molecule has 6 heteroatoms. The van der Waals surface area contributed by atoms with Gasteiger partial charge in [0.15, 0.2) is 12.1 Å². The van der Waals surface area contributed by atoms with Crippen LogP contribution < -0.4 is 0 Å². The van der Waals surface area contributed by atoms with Gasteiger partial charge in [-0.05, 0) is 39.5 Å². The van der Waals surface area contributed by atoms with Crippen LogP contribution in [0.1, 0.15) is 136 Å². The van der Waals surface area contributed by atoms with Gasteiger partial charge in [0.25, 0.3) is 0 Å². The first-order valence-corrected chi connectivity index (χ1v) is 17.1. The summed E-state index contributed by atoms with van der Waals surface area (Å²) in [6.07, 6.45) is 23.4. The summed E-state index contributed by atoms with van der Waals surface area (Å²) in [7, 11) is 0. The van der Waals surface area contributed by atoms with Crippen LogP contribution in [0, 0.1) is 0 Å². The van der Waals surface area contributed by atoms with Gasteiger partial charge in [0.1, 0.15) is 6.10 Å². The Kier molecular flexibility index (Phi) is 21.4. The van der Waals surface area contributed by atoms with E-state index >= 15 is 0 Å². The van der Waals surface area contributed by atoms with Crippen molar-refractivity contribution in [3.8, 4) is 0 Å². The molecule has 1 unspecified atom stereocenters. The lowest BCUT2D eigenvalue weighted by Crippen LogP contribution is -2.24. The maximum atomic E-state index is 12.4. The van der Waals surface area contributed by atoms with Crippen molar-refractivity contribution in [3.05, 3.63) is 0 Å². The second kappa shape index (κ2) is 22.1. The average Bonchev–Trinajstić information content (AvgIpc) is 2.80. The molecule has 35 heavy (non-hydrogen) atoms. The van der Waals surface area contributed by atoms with Crippen molar-refractivity contribution in [2.45, 2.75) is 142 Å². The van der Waals surface area contributed by atoms with Crippen LogP contribution in [0.4, 0.5) is 0 Å². The third-order valence-corrected chi connectivity index (χ3v) is 7.82. The van der Waals surface area contributed by atoms with E-state index in [1.165, 1.54) is 70.6 Å². The maximum Gasteiger partial charge on any atom is 0.310 e. The Hall–Kier alpha value is -1.09. The number of carbonyl (C=O) groups excluding carboxylic acids is 3. The standard InChI is InChI=1S/C29H55O5P/c1-6-8-10-12-14-15-17-18-20-22-26(24-28(31)33-25-29(32)35(3,4)5)34-27(30)23-21-19-16-13-11-9-7-2/h26H,3,6-25H2,1-2,4-5H3. The van der Waals surface area contributed by atoms with Gasteiger partial charge < -0.3 is 9.47 Å². The molecule has 0 spiro atoms. The van der Waals surface area contributed by atoms with Crippen molar-refractivity contribution in [1.29, 1.82) is 0 Å². The molecule has 0 fully saturated rings. The lowest BCUT2D eigenvalue weighted by Gasteiger charge is -2.18. The smallest absolute Gasteiger partial charge is 0.310 e. The molecule has 5 nitrogen and oxygen atoms in total. The minimum absolute atomic E-state index is 0.0169. The molecule has 0 aliphatic heterocycles. The van der Waals surface area contributed by atoms with Crippen LogP contribution in [-0.2, 0) is 23.9 Å². The van der Waals surface area contributed by atoms with Crippen LogP contribution in [0.3, 0.4) is 0 Å². The summed E-state index contributed by atoms with van der Waals surface area (Å²) in [6.45, 7) is 5.88. The van der Waals surface area contributed by atoms with Gasteiger partial charge in [-0.3, -0.25) is 14.4 Å². The summed E-state index contributed by atoms with van der Waals surface area (Å²) in [5, 5.41) is 0. The van der Waals surface area contributed by atoms with Crippen molar-refractivity contribution < 1.29 is 23.9 Å². The third-order valence-electron chi connectivity index (χ3n) is 6.34. The fourth-order valence-corrected chi connectivity index (χ4v) is 4.33. The lowest BCUT2D eigenvalue weighted by molar-refractivity contribution is -0.156. The minimum Gasteiger partial charge on any atom is -0.462 e. The zero-order valence-corrected chi connectivity index (χ0v) is 24.3. The van der Waals surface area contributed by atoms with E-state index in [9.17, 15) is 14.4 Å². The lowest BCUT2D eigenvalue weighted by atomic mass is 10.0. The molecule has 1 atom stereocenters. The van der Waals surface area contributed by atoms with E-state index in [4.69, 9.17) is 9.47 Å². The van der Waals surface area contributed by atoms with E-state index in [0.29, 0.717) is 12.8 Å². The van der Waals surface area contributed by atoms with Gasteiger partial charge in [0.05, 0.1) is 6.42 Å². The molecule has 0 N–H and O–H groups in total. The molecule has 0 rings (SSSR count). The molecule has 0 amide bonds. The largest absolute Gasteiger partial charge is 0.462 e. The van der Waals surface area contributed by atoms with Gasteiger partial charge in [-0.25, -0.2) is 0 Å². The molecule has 0 heterocycles. The van der Waals surface area contributed by atoms with Crippen LogP contribution in [0.5, 0.6) is 0 Å². The Bertz CT molecular complexity index is 610. The predicted molar refractivity (Wildman–Crippen MR) is 151 cm³/mol. The Morgan fingerprint density at radius 2 is 1.14 bits per heavy atom. The highest BCUT2D eigenvalue weighted by Gasteiger charge is 2.21. The fraction of sp³-hybridized carbons (Fsp3) is 0.862. The fourth-order valence-electron chi connectivity index (χ4n) is 3.92. The monoisotopic (exact) mass is 514 g/mol. The predicted octanol–water partition coefficient (Wildman–Crippen LogP) is 8.13. The molecule has 206 valence electrons. The SMILES string of the molecule is C=P(C)(C)C(=O)COC(=O)CC(CCCCCCCCCCC)OC(=O)CCCCCCCCC. The summed E-state index contributed by atoms with van der Waals surface area (Å²) < 4.78 is 10.9. The Balaban J connectivity index is 4.41. The van der Waals surface area contributed by atoms with Crippen LogP contribution in [0.2, 0.25) is 0 Å². The molecule has 0 bridgehead atoms. The number of hydrogen-bond donors (Lipinski definition) is 0. The first-order valence-electron chi connectivity index (χ1n) is 14.3. The minimum atomic E-state index is -1.93. The van der Waals surface area contributed by atoms with Gasteiger partial charge in [-0.15, -0.1) is 0 Å². The Labute approximate surface area is 216 Å². The zero-order chi connectivity index (χ0) is 26.4. The Morgan fingerprint density at radius 1 is 0.686 bits per heavy atom. The van der Waals surface area contributed by atoms with Gasteiger partial charge in [-0.1, -0.05) is 110 Å². The van der Waals surface area contributed by atoms with Crippen molar-refractivity contribution in [1.82, 2.24) is 0 Å². The number of esters is 2. The summed E-state index contributed by atoms with van der Waals surface area (Å²) in [5.74, 6) is -0.704. The van der Waals surface area contributed by atoms with Gasteiger partial charge >= 0.3 is 11.9 Å². The molecule has 0 aromatic heterocycles. The number of hydrogen-bond acceptors (Lipinski definition) is 5. The molecule has 0 radical (unpaired) electrons. The van der Waals surface area contributed by atoms with Crippen LogP contribution in [0.25, 0.3) is 0 Å². The summed E-state index contributed by atoms with van der Waals surface area (Å²) in [5.41, 5.74) is -0.114. The van der Waals surface area contributed by atoms with Crippen molar-refractivity contribution in [3.63, 3.8) is 0 Å². The molecule has 0 aromatic rings. The summed E-state index contributed by atoms with van der Waals surface area (Å²) in [4.78, 5) is 36.8. The van der Waals surface area contributed by atoms with Crippen molar-refractivity contribution >= 4 is 30.6 Å². The van der Waals surface area contributed by atoms with E-state index in [1.54, 1.807) is 13.3 Å². The first kappa shape index (κ1) is 33.9. The van der Waals surface area contributed by atoms with E-state index in [2.05, 4.69) is 20.1 Å². The van der Waals surface area contributed by atoms with Gasteiger partial charge in [0.2, 0.25) is 0 Å². The third kappa shape index (κ3) is 21.9. The number of unbranched alkanes of at least 4 members (excludes halogenated alkanes) is 14. The highest BCUT2D eigenvalue weighted by Crippen LogP contribution is 2.36. The normalized spacial score (nSPS) is 12.3. The average molecular weight is 515 g/mol. The van der Waals surface area contributed by atoms with Gasteiger partial charge in [-0.2, -0.15) is 0 Å². The highest BCUT2D eigenvalue weighted by atomic mass is 31.2. The molecule has 0 aliphatic rings. The maximum absolute atomic E-state index is 12.4. The van der Waals surface area contributed by atoms with Crippen molar-refractivity contribution in [2.24, 2.45) is 0 Å². The molecule has 0 aliphatic carbocycles. The topological polar surface area (TPSA) is 69.7 Å². The molecular formula is C29H55O5P. The van der Waals surface area contributed by atoms with E-state index in [-0.39, 0.29) is 24.5 Å². The summed E-state index contributed by atoms with van der Waals surface area (Å²) >= 11 is 0. The second-order valence-electron chi connectivity index (χ2n) is 10.5. The number of rotatable bonds is 24. The zero-order valence-electron chi connectivity index (χ0n) is 23.4. The summed E-state index contributed by atoms with van der Waals surface area (Å²) in [6, 6.07) is 0. The first-order chi connectivity index (χ1) is 16.7. The number of carbonyl (C=O) groups is 3. The molecule has 0 aromatic carbocycles. The van der Waals surface area contributed by atoms with Crippen molar-refractivity contribution in [2.75, 3.05) is 19.9 Å². The molecule has 0 saturated carbocycles. The highest BCUT2D eigenvalue weighted by molar-refractivity contribution is 7.87. The van der Waals surface area contributed by atoms with Crippen LogP contribution >= 0.6 is 6.89 Å². The second-order valence-corrected chi connectivity index (χ2v) is 14.4. The van der Waals surface area contributed by atoms with Crippen LogP contribution in [0.15, 0.2) is 0 Å². The Morgan fingerprint density at radius 3 is 1.63 bits per heavy atom. The molecular weight excluding hydrogens is 459 g/mol. The van der Waals surface area contributed by atoms with E-state index < -0.39 is 19.0 Å². The van der Waals surface area contributed by atoms with Crippen LogP contribution in [-0.4, -0.2) is 49.8 Å².